The second kappa shape index (κ2) is 5.83. The zero-order valence-corrected chi connectivity index (χ0v) is 10.7. The van der Waals surface area contributed by atoms with Gasteiger partial charge in [0.15, 0.2) is 6.04 Å². The Kier molecular flexibility index (Phi) is 4.16. The number of aromatic nitrogens is 2. The summed E-state index contributed by atoms with van der Waals surface area (Å²) in [6, 6.07) is -1.09. The van der Waals surface area contributed by atoms with E-state index in [9.17, 15) is 14.7 Å². The fourth-order valence-corrected chi connectivity index (χ4v) is 2.06. The molecular formula is C12H17N3O4. The molecule has 1 aliphatic heterocycles. The molecule has 0 aromatic carbocycles. The van der Waals surface area contributed by atoms with E-state index in [1.54, 1.807) is 13.2 Å². The van der Waals surface area contributed by atoms with Crippen LogP contribution in [-0.2, 0) is 21.4 Å². The molecule has 2 atom stereocenters. The summed E-state index contributed by atoms with van der Waals surface area (Å²) in [5, 5.41) is 15.6. The lowest BCUT2D eigenvalue weighted by Gasteiger charge is -2.23. The van der Waals surface area contributed by atoms with Crippen LogP contribution in [-0.4, -0.2) is 39.5 Å². The standard InChI is InChI=1S/C12H17N3O4/c1-15-7-8(6-13-15)10(12(17)18)14-11(16)9-4-2-3-5-19-9/h6-7,9-10H,2-5H2,1H3,(H,14,16)(H,17,18). The van der Waals surface area contributed by atoms with Crippen molar-refractivity contribution < 1.29 is 19.4 Å². The Labute approximate surface area is 110 Å². The summed E-state index contributed by atoms with van der Waals surface area (Å²) in [6.45, 7) is 0.544. The van der Waals surface area contributed by atoms with Crippen LogP contribution in [0.5, 0.6) is 0 Å². The summed E-state index contributed by atoms with van der Waals surface area (Å²) >= 11 is 0. The molecule has 1 aliphatic rings. The van der Waals surface area contributed by atoms with Crippen LogP contribution in [0.25, 0.3) is 0 Å². The van der Waals surface area contributed by atoms with Gasteiger partial charge < -0.3 is 15.2 Å². The number of carbonyl (C=O) groups is 2. The minimum Gasteiger partial charge on any atom is -0.479 e. The second-order valence-corrected chi connectivity index (χ2v) is 4.58. The Morgan fingerprint density at radius 2 is 2.37 bits per heavy atom. The van der Waals surface area contributed by atoms with Gasteiger partial charge in [-0.25, -0.2) is 4.79 Å². The average molecular weight is 267 g/mol. The number of ether oxygens (including phenoxy) is 1. The lowest BCUT2D eigenvalue weighted by Crippen LogP contribution is -2.42. The molecule has 1 aromatic rings. The van der Waals surface area contributed by atoms with Crippen molar-refractivity contribution in [3.63, 3.8) is 0 Å². The van der Waals surface area contributed by atoms with Gasteiger partial charge in [-0.1, -0.05) is 0 Å². The molecule has 2 N–H and O–H groups in total. The lowest BCUT2D eigenvalue weighted by atomic mass is 10.1. The van der Waals surface area contributed by atoms with Crippen LogP contribution in [0.2, 0.25) is 0 Å². The van der Waals surface area contributed by atoms with Crippen molar-refractivity contribution >= 4 is 11.9 Å². The Morgan fingerprint density at radius 1 is 1.58 bits per heavy atom. The number of carboxylic acids is 1. The molecule has 2 rings (SSSR count). The van der Waals surface area contributed by atoms with Crippen LogP contribution >= 0.6 is 0 Å². The molecule has 0 radical (unpaired) electrons. The molecule has 0 saturated carbocycles. The third-order valence-electron chi connectivity index (χ3n) is 3.06. The highest BCUT2D eigenvalue weighted by Crippen LogP contribution is 2.16. The van der Waals surface area contributed by atoms with Crippen LogP contribution in [0.15, 0.2) is 12.4 Å². The number of aryl methyl sites for hydroxylation is 1. The van der Waals surface area contributed by atoms with Crippen molar-refractivity contribution in [1.82, 2.24) is 15.1 Å². The van der Waals surface area contributed by atoms with Gasteiger partial charge in [-0.2, -0.15) is 5.10 Å². The molecule has 19 heavy (non-hydrogen) atoms. The number of carbonyl (C=O) groups excluding carboxylic acids is 1. The number of aliphatic carboxylic acids is 1. The van der Waals surface area contributed by atoms with Crippen molar-refractivity contribution in [2.24, 2.45) is 7.05 Å². The predicted octanol–water partition coefficient (Wildman–Crippen LogP) is 0.231. The number of nitrogens with one attached hydrogen (secondary N) is 1. The van der Waals surface area contributed by atoms with Gasteiger partial charge in [0.25, 0.3) is 0 Å². The molecule has 2 heterocycles. The molecule has 1 aromatic heterocycles. The van der Waals surface area contributed by atoms with Crippen LogP contribution in [0.4, 0.5) is 0 Å². The van der Waals surface area contributed by atoms with Gasteiger partial charge >= 0.3 is 5.97 Å². The zero-order chi connectivity index (χ0) is 13.8. The van der Waals surface area contributed by atoms with Gasteiger partial charge in [-0.05, 0) is 19.3 Å². The SMILES string of the molecule is Cn1cc(C(NC(=O)C2CCCCO2)C(=O)O)cn1. The normalized spacial score (nSPS) is 20.8. The van der Waals surface area contributed by atoms with Crippen molar-refractivity contribution in [2.45, 2.75) is 31.4 Å². The van der Waals surface area contributed by atoms with E-state index in [2.05, 4.69) is 10.4 Å². The lowest BCUT2D eigenvalue weighted by molar-refractivity contribution is -0.145. The summed E-state index contributed by atoms with van der Waals surface area (Å²) in [5.41, 5.74) is 0.444. The number of nitrogens with zero attached hydrogens (tertiary/aromatic N) is 2. The summed E-state index contributed by atoms with van der Waals surface area (Å²) in [7, 11) is 1.69. The third kappa shape index (κ3) is 3.31. The average Bonchev–Trinajstić information content (AvgIpc) is 2.82. The monoisotopic (exact) mass is 267 g/mol. The Balaban J connectivity index is 2.04. The third-order valence-corrected chi connectivity index (χ3v) is 3.06. The molecule has 104 valence electrons. The van der Waals surface area contributed by atoms with Crippen LogP contribution in [0, 0.1) is 0 Å². The second-order valence-electron chi connectivity index (χ2n) is 4.58. The van der Waals surface area contributed by atoms with Gasteiger partial charge in [0.1, 0.15) is 6.10 Å². The number of hydrogen-bond acceptors (Lipinski definition) is 4. The van der Waals surface area contributed by atoms with Crippen molar-refractivity contribution in [1.29, 1.82) is 0 Å². The molecule has 1 amide bonds. The highest BCUT2D eigenvalue weighted by molar-refractivity contribution is 5.87. The van der Waals surface area contributed by atoms with Gasteiger partial charge in [0.2, 0.25) is 5.91 Å². The summed E-state index contributed by atoms with van der Waals surface area (Å²) in [6.07, 6.45) is 4.94. The van der Waals surface area contributed by atoms with Crippen molar-refractivity contribution in [3.05, 3.63) is 18.0 Å². The molecule has 1 saturated heterocycles. The Bertz CT molecular complexity index is 465. The topological polar surface area (TPSA) is 93.5 Å². The first kappa shape index (κ1) is 13.5. The first-order valence-electron chi connectivity index (χ1n) is 6.21. The smallest absolute Gasteiger partial charge is 0.331 e. The molecule has 2 unspecified atom stereocenters. The van der Waals surface area contributed by atoms with Gasteiger partial charge in [0.05, 0.1) is 6.20 Å². The van der Waals surface area contributed by atoms with Gasteiger partial charge in [-0.3, -0.25) is 9.48 Å². The van der Waals surface area contributed by atoms with Crippen molar-refractivity contribution in [2.75, 3.05) is 6.61 Å². The van der Waals surface area contributed by atoms with E-state index in [1.165, 1.54) is 10.9 Å². The summed E-state index contributed by atoms with van der Waals surface area (Å²) < 4.78 is 6.83. The quantitative estimate of drug-likeness (QED) is 0.814. The molecule has 1 fully saturated rings. The number of rotatable bonds is 4. The molecule has 0 bridgehead atoms. The Hall–Kier alpha value is -1.89. The first-order valence-corrected chi connectivity index (χ1v) is 6.21. The predicted molar refractivity (Wildman–Crippen MR) is 65.3 cm³/mol. The molecule has 0 aliphatic carbocycles. The largest absolute Gasteiger partial charge is 0.479 e. The highest BCUT2D eigenvalue weighted by Gasteiger charge is 2.28. The number of carboxylic acid groups (broad SMARTS) is 1. The molecule has 7 heteroatoms. The zero-order valence-electron chi connectivity index (χ0n) is 10.7. The van der Waals surface area contributed by atoms with E-state index in [4.69, 9.17) is 4.74 Å². The van der Waals surface area contributed by atoms with Crippen LogP contribution in [0.3, 0.4) is 0 Å². The molecular weight excluding hydrogens is 250 g/mol. The Morgan fingerprint density at radius 3 is 2.89 bits per heavy atom. The fraction of sp³-hybridized carbons (Fsp3) is 0.583. The number of hydrogen-bond donors (Lipinski definition) is 2. The minimum absolute atomic E-state index is 0.379. The molecule has 7 nitrogen and oxygen atoms in total. The maximum absolute atomic E-state index is 12.0. The van der Waals surface area contributed by atoms with E-state index >= 15 is 0 Å². The first-order chi connectivity index (χ1) is 9.08. The van der Waals surface area contributed by atoms with Crippen LogP contribution in [0.1, 0.15) is 30.9 Å². The molecule has 0 spiro atoms. The van der Waals surface area contributed by atoms with E-state index < -0.39 is 18.1 Å². The maximum atomic E-state index is 12.0. The van der Waals surface area contributed by atoms with E-state index in [1.807, 2.05) is 0 Å². The summed E-state index contributed by atoms with van der Waals surface area (Å²) in [4.78, 5) is 23.2. The fourth-order valence-electron chi connectivity index (χ4n) is 2.06. The van der Waals surface area contributed by atoms with E-state index in [-0.39, 0.29) is 5.91 Å². The minimum atomic E-state index is -1.11. The van der Waals surface area contributed by atoms with Gasteiger partial charge in [-0.15, -0.1) is 0 Å². The number of amides is 1. The van der Waals surface area contributed by atoms with Crippen molar-refractivity contribution in [3.8, 4) is 0 Å². The highest BCUT2D eigenvalue weighted by atomic mass is 16.5. The van der Waals surface area contributed by atoms with Gasteiger partial charge in [0, 0.05) is 25.4 Å². The van der Waals surface area contributed by atoms with E-state index in [0.29, 0.717) is 18.6 Å². The van der Waals surface area contributed by atoms with E-state index in [0.717, 1.165) is 12.8 Å². The maximum Gasteiger partial charge on any atom is 0.331 e. The van der Waals surface area contributed by atoms with Crippen LogP contribution < -0.4 is 5.32 Å². The summed E-state index contributed by atoms with van der Waals surface area (Å²) in [5.74, 6) is -1.49.